The van der Waals surface area contributed by atoms with Gasteiger partial charge in [-0.3, -0.25) is 9.78 Å². The van der Waals surface area contributed by atoms with Crippen molar-refractivity contribution < 1.29 is 9.53 Å². The fraction of sp³-hybridized carbons (Fsp3) is 0.227. The van der Waals surface area contributed by atoms with Gasteiger partial charge in [-0.2, -0.15) is 5.10 Å². The van der Waals surface area contributed by atoms with Gasteiger partial charge in [0.15, 0.2) is 6.61 Å². The lowest BCUT2D eigenvalue weighted by Crippen LogP contribution is -2.24. The monoisotopic (exact) mass is 361 g/mol. The van der Waals surface area contributed by atoms with Crippen LogP contribution < -0.4 is 10.2 Å². The molecule has 3 rings (SSSR count). The van der Waals surface area contributed by atoms with Gasteiger partial charge in [-0.05, 0) is 36.6 Å². The summed E-state index contributed by atoms with van der Waals surface area (Å²) in [5.74, 6) is 0.363. The molecule has 2 aromatic carbocycles. The second kappa shape index (κ2) is 9.48. The van der Waals surface area contributed by atoms with Crippen LogP contribution in [0.1, 0.15) is 30.9 Å². The summed E-state index contributed by atoms with van der Waals surface area (Å²) >= 11 is 0. The predicted molar refractivity (Wildman–Crippen MR) is 108 cm³/mol. The third kappa shape index (κ3) is 5.38. The van der Waals surface area contributed by atoms with Gasteiger partial charge in [0.25, 0.3) is 5.91 Å². The zero-order valence-electron chi connectivity index (χ0n) is 15.4. The summed E-state index contributed by atoms with van der Waals surface area (Å²) in [4.78, 5) is 16.3. The summed E-state index contributed by atoms with van der Waals surface area (Å²) in [5, 5.41) is 5.03. The van der Waals surface area contributed by atoms with Crippen molar-refractivity contribution in [1.82, 2.24) is 10.4 Å². The number of hydrogen-bond acceptors (Lipinski definition) is 4. The first kappa shape index (κ1) is 18.6. The fourth-order valence-corrected chi connectivity index (χ4v) is 2.72. The molecule has 138 valence electrons. The number of rotatable bonds is 8. The van der Waals surface area contributed by atoms with Gasteiger partial charge in [0, 0.05) is 17.1 Å². The Kier molecular flexibility index (Phi) is 6.52. The highest BCUT2D eigenvalue weighted by Gasteiger charge is 2.03. The van der Waals surface area contributed by atoms with Crippen molar-refractivity contribution >= 4 is 23.0 Å². The number of hydrazone groups is 1. The summed E-state index contributed by atoms with van der Waals surface area (Å²) in [6.45, 7) is 2.09. The molecule has 1 heterocycles. The minimum absolute atomic E-state index is 0.0839. The maximum atomic E-state index is 11.9. The molecule has 0 spiro atoms. The van der Waals surface area contributed by atoms with Gasteiger partial charge < -0.3 is 4.74 Å². The Morgan fingerprint density at radius 1 is 1.15 bits per heavy atom. The Bertz CT molecular complexity index is 915. The standard InChI is InChI=1S/C22H23N3O2/c1-2-3-6-17-10-12-20(13-11-17)27-16-21(26)25-24-15-19-8-4-7-18-9-5-14-23-22(18)19/h4-5,7-15H,2-3,6,16H2,1H3,(H,25,26). The smallest absolute Gasteiger partial charge is 0.277 e. The molecule has 0 aliphatic heterocycles. The van der Waals surface area contributed by atoms with Crippen molar-refractivity contribution in [1.29, 1.82) is 0 Å². The van der Waals surface area contributed by atoms with Gasteiger partial charge in [-0.15, -0.1) is 0 Å². The number of pyridine rings is 1. The topological polar surface area (TPSA) is 63.6 Å². The number of carbonyl (C=O) groups is 1. The highest BCUT2D eigenvalue weighted by Crippen LogP contribution is 2.15. The van der Waals surface area contributed by atoms with E-state index in [0.29, 0.717) is 5.75 Å². The summed E-state index contributed by atoms with van der Waals surface area (Å²) in [6, 6.07) is 17.6. The van der Waals surface area contributed by atoms with E-state index in [2.05, 4.69) is 22.4 Å². The molecular formula is C22H23N3O2. The van der Waals surface area contributed by atoms with Gasteiger partial charge in [0.2, 0.25) is 0 Å². The number of amides is 1. The summed E-state index contributed by atoms with van der Waals surface area (Å²) in [6.07, 6.45) is 6.74. The third-order valence-corrected chi connectivity index (χ3v) is 4.17. The SMILES string of the molecule is CCCCc1ccc(OCC(=O)NN=Cc2cccc3cccnc23)cc1. The normalized spacial score (nSPS) is 11.0. The number of nitrogens with zero attached hydrogens (tertiary/aromatic N) is 2. The molecular weight excluding hydrogens is 338 g/mol. The van der Waals surface area contributed by atoms with E-state index in [-0.39, 0.29) is 12.5 Å². The van der Waals surface area contributed by atoms with E-state index in [0.717, 1.165) is 22.9 Å². The maximum Gasteiger partial charge on any atom is 0.277 e. The number of unbranched alkanes of at least 4 members (excludes halogenated alkanes) is 1. The van der Waals surface area contributed by atoms with Crippen LogP contribution in [0.15, 0.2) is 65.9 Å². The molecule has 5 nitrogen and oxygen atoms in total. The lowest BCUT2D eigenvalue weighted by atomic mass is 10.1. The molecule has 5 heteroatoms. The van der Waals surface area contributed by atoms with E-state index in [1.165, 1.54) is 18.4 Å². The third-order valence-electron chi connectivity index (χ3n) is 4.17. The number of aryl methyl sites for hydroxylation is 1. The number of carbonyl (C=O) groups excluding carboxylic acids is 1. The van der Waals surface area contributed by atoms with E-state index in [4.69, 9.17) is 4.74 Å². The number of benzene rings is 2. The van der Waals surface area contributed by atoms with E-state index >= 15 is 0 Å². The lowest BCUT2D eigenvalue weighted by molar-refractivity contribution is -0.123. The van der Waals surface area contributed by atoms with Crippen LogP contribution in [-0.2, 0) is 11.2 Å². The number of nitrogens with one attached hydrogen (secondary N) is 1. The quantitative estimate of drug-likeness (QED) is 0.485. The number of aromatic nitrogens is 1. The van der Waals surface area contributed by atoms with Gasteiger partial charge >= 0.3 is 0 Å². The Labute approximate surface area is 159 Å². The fourth-order valence-electron chi connectivity index (χ4n) is 2.72. The van der Waals surface area contributed by atoms with Gasteiger partial charge in [0.05, 0.1) is 11.7 Å². The van der Waals surface area contributed by atoms with E-state index < -0.39 is 0 Å². The minimum atomic E-state index is -0.311. The minimum Gasteiger partial charge on any atom is -0.484 e. The molecule has 0 atom stereocenters. The van der Waals surface area contributed by atoms with Crippen molar-refractivity contribution in [3.8, 4) is 5.75 Å². The Morgan fingerprint density at radius 3 is 2.78 bits per heavy atom. The number of fused-ring (bicyclic) bond motifs is 1. The van der Waals surface area contributed by atoms with Crippen molar-refractivity contribution in [2.24, 2.45) is 5.10 Å². The molecule has 27 heavy (non-hydrogen) atoms. The molecule has 0 saturated carbocycles. The van der Waals surface area contributed by atoms with Crippen LogP contribution in [0, 0.1) is 0 Å². The average molecular weight is 361 g/mol. The van der Waals surface area contributed by atoms with Crippen molar-refractivity contribution in [3.05, 3.63) is 71.9 Å². The maximum absolute atomic E-state index is 11.9. The second-order valence-corrected chi connectivity index (χ2v) is 6.25. The predicted octanol–water partition coefficient (Wildman–Crippen LogP) is 4.11. The van der Waals surface area contributed by atoms with E-state index in [1.807, 2.05) is 54.6 Å². The van der Waals surface area contributed by atoms with Gasteiger partial charge in [-0.25, -0.2) is 5.43 Å². The molecule has 0 unspecified atom stereocenters. The van der Waals surface area contributed by atoms with E-state index in [9.17, 15) is 4.79 Å². The van der Waals surface area contributed by atoms with Crippen molar-refractivity contribution in [2.75, 3.05) is 6.61 Å². The number of para-hydroxylation sites is 1. The molecule has 0 saturated heterocycles. The van der Waals surface area contributed by atoms with Crippen LogP contribution >= 0.6 is 0 Å². The van der Waals surface area contributed by atoms with Crippen molar-refractivity contribution in [3.63, 3.8) is 0 Å². The van der Waals surface area contributed by atoms with Crippen LogP contribution in [0.5, 0.6) is 5.75 Å². The highest BCUT2D eigenvalue weighted by molar-refractivity contribution is 5.97. The second-order valence-electron chi connectivity index (χ2n) is 6.25. The molecule has 0 fully saturated rings. The molecule has 1 amide bonds. The Balaban J connectivity index is 1.50. The highest BCUT2D eigenvalue weighted by atomic mass is 16.5. The van der Waals surface area contributed by atoms with Crippen LogP contribution in [0.4, 0.5) is 0 Å². The Hall–Kier alpha value is -3.21. The molecule has 1 aromatic heterocycles. The Morgan fingerprint density at radius 2 is 1.96 bits per heavy atom. The summed E-state index contributed by atoms with van der Waals surface area (Å²) in [5.41, 5.74) is 5.45. The van der Waals surface area contributed by atoms with Crippen LogP contribution in [-0.4, -0.2) is 23.7 Å². The molecule has 0 aliphatic carbocycles. The average Bonchev–Trinajstić information content (AvgIpc) is 2.71. The number of ether oxygens (including phenoxy) is 1. The molecule has 0 bridgehead atoms. The van der Waals surface area contributed by atoms with Crippen LogP contribution in [0.3, 0.4) is 0 Å². The molecule has 0 radical (unpaired) electrons. The summed E-state index contributed by atoms with van der Waals surface area (Å²) < 4.78 is 5.50. The lowest BCUT2D eigenvalue weighted by Gasteiger charge is -2.06. The zero-order chi connectivity index (χ0) is 18.9. The largest absolute Gasteiger partial charge is 0.484 e. The molecule has 1 N–H and O–H groups in total. The molecule has 0 aliphatic rings. The van der Waals surface area contributed by atoms with Crippen LogP contribution in [0.2, 0.25) is 0 Å². The van der Waals surface area contributed by atoms with E-state index in [1.54, 1.807) is 12.4 Å². The molecule has 3 aromatic rings. The van der Waals surface area contributed by atoms with Gasteiger partial charge in [-0.1, -0.05) is 49.7 Å². The first-order valence-electron chi connectivity index (χ1n) is 9.13. The number of hydrogen-bond donors (Lipinski definition) is 1. The first-order chi connectivity index (χ1) is 13.3. The van der Waals surface area contributed by atoms with Crippen LogP contribution in [0.25, 0.3) is 10.9 Å². The zero-order valence-corrected chi connectivity index (χ0v) is 15.4. The first-order valence-corrected chi connectivity index (χ1v) is 9.13. The van der Waals surface area contributed by atoms with Crippen molar-refractivity contribution in [2.45, 2.75) is 26.2 Å². The summed E-state index contributed by atoms with van der Waals surface area (Å²) in [7, 11) is 0. The van der Waals surface area contributed by atoms with Gasteiger partial charge in [0.1, 0.15) is 5.75 Å².